The van der Waals surface area contributed by atoms with E-state index in [9.17, 15) is 9.59 Å². The average Bonchev–Trinajstić information content (AvgIpc) is 2.93. The smallest absolute Gasteiger partial charge is 0.312 e. The topological polar surface area (TPSA) is 87.5 Å². The Hall–Kier alpha value is -2.08. The van der Waals surface area contributed by atoms with Gasteiger partial charge in [-0.2, -0.15) is 0 Å². The molecule has 4 N–H and O–H groups in total. The van der Waals surface area contributed by atoms with Gasteiger partial charge in [-0.25, -0.2) is 4.79 Å². The van der Waals surface area contributed by atoms with Gasteiger partial charge in [0.1, 0.15) is 0 Å². The normalized spacial score (nSPS) is 18.1. The largest absolute Gasteiger partial charge is 0.355 e. The highest BCUT2D eigenvalue weighted by molar-refractivity contribution is 5.83. The number of rotatable bonds is 7. The third-order valence-electron chi connectivity index (χ3n) is 3.92. The molecule has 1 fully saturated rings. The summed E-state index contributed by atoms with van der Waals surface area (Å²) in [6.07, 6.45) is 2.13. The quantitative estimate of drug-likeness (QED) is 0.692. The number of hydrogen-bond donors (Lipinski definition) is 3. The van der Waals surface area contributed by atoms with E-state index in [1.165, 1.54) is 12.0 Å². The third kappa shape index (κ3) is 5.73. The van der Waals surface area contributed by atoms with E-state index in [2.05, 4.69) is 39.8 Å². The Morgan fingerprint density at radius 2 is 2.00 bits per heavy atom. The van der Waals surface area contributed by atoms with Gasteiger partial charge in [-0.3, -0.25) is 9.69 Å². The number of primary amides is 1. The van der Waals surface area contributed by atoms with Gasteiger partial charge in [0.2, 0.25) is 5.91 Å². The van der Waals surface area contributed by atoms with Crippen molar-refractivity contribution in [3.05, 3.63) is 35.9 Å². The maximum atomic E-state index is 11.4. The SMILES string of the molecule is NC(=O)NCC(=O)NCCC1CCN(Cc2ccccc2)C1. The Morgan fingerprint density at radius 1 is 1.23 bits per heavy atom. The van der Waals surface area contributed by atoms with Gasteiger partial charge >= 0.3 is 6.03 Å². The van der Waals surface area contributed by atoms with Gasteiger partial charge in [-0.05, 0) is 30.9 Å². The van der Waals surface area contributed by atoms with Crippen molar-refractivity contribution in [1.29, 1.82) is 0 Å². The van der Waals surface area contributed by atoms with Crippen molar-refractivity contribution in [2.75, 3.05) is 26.2 Å². The number of nitrogens with two attached hydrogens (primary N) is 1. The number of nitrogens with one attached hydrogen (secondary N) is 2. The van der Waals surface area contributed by atoms with Crippen LogP contribution in [-0.2, 0) is 11.3 Å². The lowest BCUT2D eigenvalue weighted by Crippen LogP contribution is -2.39. The third-order valence-corrected chi connectivity index (χ3v) is 3.92. The number of benzene rings is 1. The molecule has 0 radical (unpaired) electrons. The Kier molecular flexibility index (Phi) is 6.21. The summed E-state index contributed by atoms with van der Waals surface area (Å²) in [7, 11) is 0. The van der Waals surface area contributed by atoms with Crippen LogP contribution in [0.2, 0.25) is 0 Å². The lowest BCUT2D eigenvalue weighted by Gasteiger charge is -2.16. The van der Waals surface area contributed by atoms with Crippen molar-refractivity contribution >= 4 is 11.9 Å². The second kappa shape index (κ2) is 8.38. The van der Waals surface area contributed by atoms with Gasteiger partial charge in [0.25, 0.3) is 0 Å². The van der Waals surface area contributed by atoms with Gasteiger partial charge in [0.15, 0.2) is 0 Å². The van der Waals surface area contributed by atoms with Crippen LogP contribution in [0.3, 0.4) is 0 Å². The molecule has 6 nitrogen and oxygen atoms in total. The van der Waals surface area contributed by atoms with Crippen LogP contribution in [0.15, 0.2) is 30.3 Å². The molecule has 1 aromatic carbocycles. The summed E-state index contributed by atoms with van der Waals surface area (Å²) in [6.45, 7) is 3.76. The van der Waals surface area contributed by atoms with E-state index in [1.807, 2.05) is 6.07 Å². The molecular weight excluding hydrogens is 280 g/mol. The monoisotopic (exact) mass is 304 g/mol. The lowest BCUT2D eigenvalue weighted by molar-refractivity contribution is -0.120. The molecule has 0 aromatic heterocycles. The van der Waals surface area contributed by atoms with Gasteiger partial charge < -0.3 is 16.4 Å². The lowest BCUT2D eigenvalue weighted by atomic mass is 10.1. The summed E-state index contributed by atoms with van der Waals surface area (Å²) < 4.78 is 0. The molecule has 0 bridgehead atoms. The molecule has 22 heavy (non-hydrogen) atoms. The zero-order chi connectivity index (χ0) is 15.8. The number of likely N-dealkylation sites (tertiary alicyclic amines) is 1. The fourth-order valence-electron chi connectivity index (χ4n) is 2.78. The maximum absolute atomic E-state index is 11.4. The predicted molar refractivity (Wildman–Crippen MR) is 85.0 cm³/mol. The van der Waals surface area contributed by atoms with E-state index in [-0.39, 0.29) is 12.5 Å². The minimum Gasteiger partial charge on any atom is -0.355 e. The molecule has 3 amide bonds. The van der Waals surface area contributed by atoms with E-state index < -0.39 is 6.03 Å². The zero-order valence-electron chi connectivity index (χ0n) is 12.8. The fraction of sp³-hybridized carbons (Fsp3) is 0.500. The number of amides is 3. The van der Waals surface area contributed by atoms with E-state index in [0.717, 1.165) is 26.1 Å². The maximum Gasteiger partial charge on any atom is 0.312 e. The molecule has 1 unspecified atom stereocenters. The van der Waals surface area contributed by atoms with Crippen LogP contribution in [0, 0.1) is 5.92 Å². The highest BCUT2D eigenvalue weighted by Gasteiger charge is 2.22. The molecule has 1 aliphatic rings. The Morgan fingerprint density at radius 3 is 2.73 bits per heavy atom. The second-order valence-corrected chi connectivity index (χ2v) is 5.73. The molecule has 0 spiro atoms. The first kappa shape index (κ1) is 16.3. The first-order valence-electron chi connectivity index (χ1n) is 7.70. The van der Waals surface area contributed by atoms with Crippen LogP contribution >= 0.6 is 0 Å². The van der Waals surface area contributed by atoms with Crippen molar-refractivity contribution in [1.82, 2.24) is 15.5 Å². The number of hydrogen-bond acceptors (Lipinski definition) is 3. The number of urea groups is 1. The molecule has 0 saturated carbocycles. The molecule has 1 aromatic rings. The van der Waals surface area contributed by atoms with Crippen LogP contribution in [0.1, 0.15) is 18.4 Å². The van der Waals surface area contributed by atoms with Gasteiger partial charge in [0, 0.05) is 19.6 Å². The van der Waals surface area contributed by atoms with E-state index in [4.69, 9.17) is 5.73 Å². The number of carbonyl (C=O) groups is 2. The standard InChI is InChI=1S/C16H24N4O2/c17-16(22)19-10-15(21)18-8-6-14-7-9-20(12-14)11-13-4-2-1-3-5-13/h1-5,14H,6-12H2,(H,18,21)(H3,17,19,22). The number of nitrogens with zero attached hydrogens (tertiary/aromatic N) is 1. The van der Waals surface area contributed by atoms with Crippen LogP contribution in [-0.4, -0.2) is 43.0 Å². The summed E-state index contributed by atoms with van der Waals surface area (Å²) in [4.78, 5) is 24.4. The molecule has 1 saturated heterocycles. The summed E-state index contributed by atoms with van der Waals surface area (Å²) in [6, 6.07) is 9.80. The Balaban J connectivity index is 1.60. The fourth-order valence-corrected chi connectivity index (χ4v) is 2.78. The second-order valence-electron chi connectivity index (χ2n) is 5.73. The van der Waals surface area contributed by atoms with Gasteiger partial charge in [-0.1, -0.05) is 30.3 Å². The van der Waals surface area contributed by atoms with Crippen LogP contribution < -0.4 is 16.4 Å². The molecular formula is C16H24N4O2. The molecule has 1 heterocycles. The molecule has 1 aliphatic heterocycles. The van der Waals surface area contributed by atoms with Crippen molar-refractivity contribution in [2.45, 2.75) is 19.4 Å². The highest BCUT2D eigenvalue weighted by atomic mass is 16.2. The average molecular weight is 304 g/mol. The molecule has 0 aliphatic carbocycles. The zero-order valence-corrected chi connectivity index (χ0v) is 12.8. The van der Waals surface area contributed by atoms with Crippen LogP contribution in [0.4, 0.5) is 4.79 Å². The Bertz CT molecular complexity index is 492. The van der Waals surface area contributed by atoms with Crippen molar-refractivity contribution < 1.29 is 9.59 Å². The molecule has 120 valence electrons. The minimum absolute atomic E-state index is 0.0554. The van der Waals surface area contributed by atoms with Gasteiger partial charge in [0.05, 0.1) is 6.54 Å². The first-order valence-corrected chi connectivity index (χ1v) is 7.70. The Labute approximate surface area is 131 Å². The van der Waals surface area contributed by atoms with Crippen LogP contribution in [0.5, 0.6) is 0 Å². The highest BCUT2D eigenvalue weighted by Crippen LogP contribution is 2.20. The van der Waals surface area contributed by atoms with E-state index >= 15 is 0 Å². The van der Waals surface area contributed by atoms with Crippen LogP contribution in [0.25, 0.3) is 0 Å². The van der Waals surface area contributed by atoms with E-state index in [1.54, 1.807) is 0 Å². The summed E-state index contributed by atoms with van der Waals surface area (Å²) >= 11 is 0. The molecule has 1 atom stereocenters. The predicted octanol–water partition coefficient (Wildman–Crippen LogP) is 0.683. The minimum atomic E-state index is -0.678. The van der Waals surface area contributed by atoms with Crippen molar-refractivity contribution in [3.63, 3.8) is 0 Å². The summed E-state index contributed by atoms with van der Waals surface area (Å²) in [5.74, 6) is 0.422. The molecule has 6 heteroatoms. The van der Waals surface area contributed by atoms with Gasteiger partial charge in [-0.15, -0.1) is 0 Å². The van der Waals surface area contributed by atoms with Crippen molar-refractivity contribution in [3.8, 4) is 0 Å². The van der Waals surface area contributed by atoms with Crippen molar-refractivity contribution in [2.24, 2.45) is 11.7 Å². The first-order chi connectivity index (χ1) is 10.6. The molecule has 2 rings (SSSR count). The summed E-state index contributed by atoms with van der Waals surface area (Å²) in [5.41, 5.74) is 6.25. The summed E-state index contributed by atoms with van der Waals surface area (Å²) in [5, 5.41) is 5.08. The number of carbonyl (C=O) groups excluding carboxylic acids is 2. The van der Waals surface area contributed by atoms with E-state index in [0.29, 0.717) is 12.5 Å².